The lowest BCUT2D eigenvalue weighted by atomic mass is 11.8. The van der Waals surface area contributed by atoms with Crippen LogP contribution >= 0.6 is 37.9 Å². The predicted molar refractivity (Wildman–Crippen MR) is 90.3 cm³/mol. The maximum atomic E-state index is 6.27. The van der Waals surface area contributed by atoms with E-state index in [4.69, 9.17) is 8.23 Å². The highest BCUT2D eigenvalue weighted by Crippen LogP contribution is 2.22. The third-order valence-corrected chi connectivity index (χ3v) is 18.3. The van der Waals surface area contributed by atoms with Crippen LogP contribution in [0.3, 0.4) is 0 Å². The summed E-state index contributed by atoms with van der Waals surface area (Å²) in [6.45, 7) is 10.8. The molecule has 0 aliphatic carbocycles. The summed E-state index contributed by atoms with van der Waals surface area (Å²) in [4.78, 5) is 0. The first-order valence-corrected chi connectivity index (χ1v) is 16.0. The van der Waals surface area contributed by atoms with E-state index in [0.717, 1.165) is 10.8 Å². The van der Waals surface area contributed by atoms with Crippen LogP contribution < -0.4 is 0 Å². The zero-order chi connectivity index (χ0) is 13.0. The zero-order valence-corrected chi connectivity index (χ0v) is 16.5. The average Bonchev–Trinajstić information content (AvgIpc) is 2.16. The second-order valence-corrected chi connectivity index (χ2v) is 20.1. The Bertz CT molecular complexity index is 209. The van der Waals surface area contributed by atoms with Crippen LogP contribution in [0.5, 0.6) is 0 Å². The van der Waals surface area contributed by atoms with E-state index in [2.05, 4.69) is 70.6 Å². The second kappa shape index (κ2) is 6.69. The topological polar surface area (TPSA) is 18.5 Å². The van der Waals surface area contributed by atoms with E-state index >= 15 is 0 Å². The molecule has 0 aliphatic heterocycles. The van der Waals surface area contributed by atoms with Crippen molar-refractivity contribution in [3.8, 4) is 0 Å². The Labute approximate surface area is 120 Å². The normalized spacial score (nSPS) is 14.2. The van der Waals surface area contributed by atoms with Gasteiger partial charge < -0.3 is 8.23 Å². The molecular weight excluding hydrogens is 309 g/mol. The van der Waals surface area contributed by atoms with Crippen molar-refractivity contribution < 1.29 is 8.23 Å². The molecule has 0 N–H and O–H groups in total. The van der Waals surface area contributed by atoms with Gasteiger partial charge in [0.05, 0.1) is 0 Å². The van der Waals surface area contributed by atoms with Gasteiger partial charge in [0.25, 0.3) is 0 Å². The van der Waals surface area contributed by atoms with Crippen LogP contribution in [0.2, 0.25) is 32.7 Å². The minimum absolute atomic E-state index is 0.696. The summed E-state index contributed by atoms with van der Waals surface area (Å²) in [5.74, 6) is 0. The summed E-state index contributed by atoms with van der Waals surface area (Å²) in [7, 11) is -5.54. The highest BCUT2D eigenvalue weighted by molar-refractivity contribution is 7.83. The van der Waals surface area contributed by atoms with Crippen molar-refractivity contribution in [2.24, 2.45) is 0 Å². The quantitative estimate of drug-likeness (QED) is 0.492. The number of hydrogen-bond donors (Lipinski definition) is 3. The summed E-state index contributed by atoms with van der Waals surface area (Å²) in [6.07, 6.45) is 0. The van der Waals surface area contributed by atoms with Crippen molar-refractivity contribution in [3.63, 3.8) is 0 Å². The maximum absolute atomic E-state index is 6.27. The third kappa shape index (κ3) is 6.53. The second-order valence-electron chi connectivity index (χ2n) is 5.33. The lowest BCUT2D eigenvalue weighted by Crippen LogP contribution is -2.57. The Hall–Kier alpha value is 1.62. The van der Waals surface area contributed by atoms with Crippen LogP contribution in [0, 0.1) is 0 Å². The van der Waals surface area contributed by atoms with Crippen molar-refractivity contribution in [2.75, 3.05) is 16.1 Å². The van der Waals surface area contributed by atoms with Crippen LogP contribution in [-0.4, -0.2) is 41.3 Å². The van der Waals surface area contributed by atoms with Gasteiger partial charge in [0.15, 0.2) is 16.6 Å². The van der Waals surface area contributed by atoms with Gasteiger partial charge in [0.1, 0.15) is 0 Å². The van der Waals surface area contributed by atoms with Crippen LogP contribution in [0.1, 0.15) is 0 Å². The first-order valence-electron chi connectivity index (χ1n) is 5.33. The van der Waals surface area contributed by atoms with Crippen LogP contribution in [0.25, 0.3) is 0 Å². The molecule has 0 aromatic heterocycles. The maximum Gasteiger partial charge on any atom is 0.324 e. The third-order valence-electron chi connectivity index (χ3n) is 2.03. The minimum atomic E-state index is -2.15. The largest absolute Gasteiger partial charge is 0.435 e. The van der Waals surface area contributed by atoms with E-state index in [-0.39, 0.29) is 0 Å². The fourth-order valence-electron chi connectivity index (χ4n) is 1.32. The first-order chi connectivity index (χ1) is 7.10. The molecule has 0 unspecified atom stereocenters. The Balaban J connectivity index is 4.67. The molecule has 0 atom stereocenters. The molecule has 0 saturated heterocycles. The average molecular weight is 333 g/mol. The standard InChI is InChI=1S/C8H24O2S3Si3/c1-14(2,6-11)9-16(5,8-13)10-15(3,4)7-12/h11-13H,6-8H2,1-5H3. The van der Waals surface area contributed by atoms with Gasteiger partial charge in [-0.2, -0.15) is 37.9 Å². The van der Waals surface area contributed by atoms with E-state index in [1.165, 1.54) is 0 Å². The van der Waals surface area contributed by atoms with Crippen LogP contribution in [0.4, 0.5) is 0 Å². The molecular formula is C8H24O2S3Si3. The van der Waals surface area contributed by atoms with Crippen molar-refractivity contribution in [3.05, 3.63) is 0 Å². The van der Waals surface area contributed by atoms with Gasteiger partial charge in [0, 0.05) is 16.1 Å². The van der Waals surface area contributed by atoms with Gasteiger partial charge in [-0.15, -0.1) is 0 Å². The van der Waals surface area contributed by atoms with Gasteiger partial charge in [-0.1, -0.05) is 0 Å². The van der Waals surface area contributed by atoms with Gasteiger partial charge in [-0.05, 0) is 32.7 Å². The molecule has 16 heavy (non-hydrogen) atoms. The molecule has 0 bridgehead atoms. The molecule has 2 nitrogen and oxygen atoms in total. The fraction of sp³-hybridized carbons (Fsp3) is 1.00. The first kappa shape index (κ1) is 17.6. The molecule has 0 spiro atoms. The van der Waals surface area contributed by atoms with E-state index < -0.39 is 25.2 Å². The summed E-state index contributed by atoms with van der Waals surface area (Å²) < 4.78 is 12.5. The van der Waals surface area contributed by atoms with Crippen molar-refractivity contribution in [1.29, 1.82) is 0 Å². The van der Waals surface area contributed by atoms with E-state index in [9.17, 15) is 0 Å². The monoisotopic (exact) mass is 332 g/mol. The van der Waals surface area contributed by atoms with Crippen molar-refractivity contribution in [2.45, 2.75) is 32.7 Å². The molecule has 0 aliphatic rings. The van der Waals surface area contributed by atoms with Crippen molar-refractivity contribution >= 4 is 63.1 Å². The Morgan fingerprint density at radius 3 is 1.19 bits per heavy atom. The summed E-state index contributed by atoms with van der Waals surface area (Å²) in [6, 6.07) is 0. The van der Waals surface area contributed by atoms with Crippen molar-refractivity contribution in [1.82, 2.24) is 0 Å². The highest BCUT2D eigenvalue weighted by Gasteiger charge is 2.41. The molecule has 0 rings (SSSR count). The molecule has 0 saturated carbocycles. The predicted octanol–water partition coefficient (Wildman–Crippen LogP) is 2.91. The lowest BCUT2D eigenvalue weighted by Gasteiger charge is -2.39. The highest BCUT2D eigenvalue weighted by atomic mass is 32.1. The van der Waals surface area contributed by atoms with Gasteiger partial charge >= 0.3 is 8.56 Å². The summed E-state index contributed by atoms with van der Waals surface area (Å²) in [5.41, 5.74) is 0. The Morgan fingerprint density at radius 1 is 0.688 bits per heavy atom. The summed E-state index contributed by atoms with van der Waals surface area (Å²) in [5, 5.41) is 2.33. The number of hydrogen-bond acceptors (Lipinski definition) is 5. The SMILES string of the molecule is C[Si](C)(CS)O[Si](C)(CS)O[Si](C)(C)CS. The molecule has 0 aromatic rings. The fourth-order valence-corrected chi connectivity index (χ4v) is 14.6. The summed E-state index contributed by atoms with van der Waals surface area (Å²) >= 11 is 13.1. The smallest absolute Gasteiger partial charge is 0.324 e. The molecule has 0 amide bonds. The Morgan fingerprint density at radius 2 is 1.00 bits per heavy atom. The minimum Gasteiger partial charge on any atom is -0.435 e. The molecule has 0 heterocycles. The van der Waals surface area contributed by atoms with Gasteiger partial charge in [-0.25, -0.2) is 0 Å². The zero-order valence-electron chi connectivity index (χ0n) is 10.8. The van der Waals surface area contributed by atoms with E-state index in [0.29, 0.717) is 5.38 Å². The van der Waals surface area contributed by atoms with E-state index in [1.807, 2.05) is 0 Å². The molecule has 0 aromatic carbocycles. The molecule has 0 radical (unpaired) electrons. The lowest BCUT2D eigenvalue weighted by molar-refractivity contribution is 0.393. The molecule has 0 fully saturated rings. The van der Waals surface area contributed by atoms with Gasteiger partial charge in [-0.3, -0.25) is 0 Å². The van der Waals surface area contributed by atoms with E-state index in [1.54, 1.807) is 0 Å². The Kier molecular flexibility index (Phi) is 7.37. The molecule has 98 valence electrons. The number of thiol groups is 3. The van der Waals surface area contributed by atoms with Crippen LogP contribution in [0.15, 0.2) is 0 Å². The number of rotatable bonds is 7. The van der Waals surface area contributed by atoms with Crippen LogP contribution in [-0.2, 0) is 8.23 Å². The molecule has 8 heteroatoms. The van der Waals surface area contributed by atoms with Gasteiger partial charge in [0.2, 0.25) is 0 Å².